The molecule has 6 atom stereocenters. The molecule has 0 aromatic carbocycles. The normalized spacial score (nSPS) is 59.4. The number of rotatable bonds is 2. The predicted molar refractivity (Wildman–Crippen MR) is 87.3 cm³/mol. The lowest BCUT2D eigenvalue weighted by Gasteiger charge is -2.48. The lowest BCUT2D eigenvalue weighted by Crippen LogP contribution is -2.46. The Kier molecular flexibility index (Phi) is 2.96. The molecule has 1 heteroatoms. The van der Waals surface area contributed by atoms with Crippen molar-refractivity contribution in [3.63, 3.8) is 0 Å². The zero-order chi connectivity index (χ0) is 14.9. The van der Waals surface area contributed by atoms with E-state index in [2.05, 4.69) is 27.7 Å². The van der Waals surface area contributed by atoms with Crippen LogP contribution in [0.1, 0.15) is 91.9 Å². The van der Waals surface area contributed by atoms with Crippen LogP contribution >= 0.6 is 0 Å². The van der Waals surface area contributed by atoms with E-state index in [1.807, 2.05) is 0 Å². The Morgan fingerprint density at radius 1 is 0.619 bits per heavy atom. The fourth-order valence-corrected chi connectivity index (χ4v) is 6.77. The Balaban J connectivity index is 1.49. The molecule has 4 bridgehead atoms. The second-order valence-corrected chi connectivity index (χ2v) is 10.5. The minimum Gasteiger partial charge on any atom is -0.374 e. The van der Waals surface area contributed by atoms with E-state index in [9.17, 15) is 0 Å². The molecule has 6 unspecified atom stereocenters. The van der Waals surface area contributed by atoms with E-state index in [1.165, 1.54) is 64.2 Å². The topological polar surface area (TPSA) is 9.23 Å². The molecule has 0 spiro atoms. The minimum atomic E-state index is 0.475. The van der Waals surface area contributed by atoms with Gasteiger partial charge in [0.1, 0.15) is 0 Å². The van der Waals surface area contributed by atoms with Gasteiger partial charge in [0.2, 0.25) is 0 Å². The van der Waals surface area contributed by atoms with Crippen LogP contribution in [-0.4, -0.2) is 12.2 Å². The first-order valence-electron chi connectivity index (χ1n) is 9.40. The summed E-state index contributed by atoms with van der Waals surface area (Å²) in [5, 5.41) is 0. The molecule has 0 amide bonds. The molecule has 4 aliphatic carbocycles. The summed E-state index contributed by atoms with van der Waals surface area (Å²) in [5.41, 5.74) is 2.22. The molecule has 0 saturated heterocycles. The first-order valence-corrected chi connectivity index (χ1v) is 9.40. The van der Waals surface area contributed by atoms with Crippen molar-refractivity contribution in [2.75, 3.05) is 0 Å². The largest absolute Gasteiger partial charge is 0.374 e. The van der Waals surface area contributed by atoms with Gasteiger partial charge in [-0.2, -0.15) is 0 Å². The van der Waals surface area contributed by atoms with Crippen LogP contribution in [0.25, 0.3) is 0 Å². The average molecular weight is 290 g/mol. The van der Waals surface area contributed by atoms with Crippen molar-refractivity contribution in [3.05, 3.63) is 0 Å². The molecule has 4 aliphatic rings. The molecule has 21 heavy (non-hydrogen) atoms. The minimum absolute atomic E-state index is 0.475. The molecule has 120 valence electrons. The highest BCUT2D eigenvalue weighted by Crippen LogP contribution is 2.62. The van der Waals surface area contributed by atoms with Gasteiger partial charge in [-0.3, -0.25) is 0 Å². The van der Waals surface area contributed by atoms with Crippen LogP contribution < -0.4 is 0 Å². The smallest absolute Gasteiger partial charge is 0.0633 e. The van der Waals surface area contributed by atoms with Gasteiger partial charge in [-0.15, -0.1) is 0 Å². The van der Waals surface area contributed by atoms with Crippen molar-refractivity contribution in [1.29, 1.82) is 0 Å². The van der Waals surface area contributed by atoms with E-state index < -0.39 is 0 Å². The summed E-state index contributed by atoms with van der Waals surface area (Å²) in [6.07, 6.45) is 15.0. The highest BCUT2D eigenvalue weighted by atomic mass is 16.5. The number of hydrogen-bond donors (Lipinski definition) is 0. The van der Waals surface area contributed by atoms with E-state index in [0.29, 0.717) is 33.9 Å². The molecular weight excluding hydrogens is 256 g/mol. The molecule has 4 saturated carbocycles. The SMILES string of the molecule is CC12CCC(OC3CCC4(C)CCC3(C)C4)C(C)(CC1)C2. The Bertz CT molecular complexity index is 405. The number of ether oxygens (including phenoxy) is 1. The van der Waals surface area contributed by atoms with Gasteiger partial charge in [-0.1, -0.05) is 27.7 Å². The average Bonchev–Trinajstić information content (AvgIpc) is 2.81. The molecule has 0 aromatic rings. The third kappa shape index (κ3) is 2.21. The summed E-state index contributed by atoms with van der Waals surface area (Å²) >= 11 is 0. The number of fused-ring (bicyclic) bond motifs is 4. The second kappa shape index (κ2) is 4.28. The zero-order valence-corrected chi connectivity index (χ0v) is 14.6. The summed E-state index contributed by atoms with van der Waals surface area (Å²) in [6.45, 7) is 10.1. The summed E-state index contributed by atoms with van der Waals surface area (Å²) in [7, 11) is 0. The molecule has 0 radical (unpaired) electrons. The Hall–Kier alpha value is -0.0400. The fourth-order valence-electron chi connectivity index (χ4n) is 6.77. The molecule has 4 fully saturated rings. The Labute approximate surface area is 131 Å². The van der Waals surface area contributed by atoms with E-state index in [0.717, 1.165) is 0 Å². The summed E-state index contributed by atoms with van der Waals surface area (Å²) in [6, 6.07) is 0. The van der Waals surface area contributed by atoms with Crippen molar-refractivity contribution >= 4 is 0 Å². The van der Waals surface area contributed by atoms with Gasteiger partial charge in [-0.05, 0) is 85.9 Å². The van der Waals surface area contributed by atoms with Crippen LogP contribution in [0, 0.1) is 21.7 Å². The lowest BCUT2D eigenvalue weighted by atomic mass is 9.67. The van der Waals surface area contributed by atoms with Gasteiger partial charge in [0, 0.05) is 0 Å². The first-order chi connectivity index (χ1) is 9.75. The first kappa shape index (κ1) is 14.5. The van der Waals surface area contributed by atoms with Gasteiger partial charge in [-0.25, -0.2) is 0 Å². The molecule has 0 N–H and O–H groups in total. The molecular formula is C20H34O. The molecule has 0 heterocycles. The Morgan fingerprint density at radius 3 is 1.48 bits per heavy atom. The molecule has 4 rings (SSSR count). The van der Waals surface area contributed by atoms with E-state index in [4.69, 9.17) is 4.74 Å². The van der Waals surface area contributed by atoms with Gasteiger partial charge in [0.15, 0.2) is 0 Å². The van der Waals surface area contributed by atoms with Gasteiger partial charge < -0.3 is 4.74 Å². The monoisotopic (exact) mass is 290 g/mol. The third-order valence-electron chi connectivity index (χ3n) is 8.16. The van der Waals surface area contributed by atoms with Crippen molar-refractivity contribution in [2.45, 2.75) is 104 Å². The maximum atomic E-state index is 6.89. The molecule has 1 nitrogen and oxygen atoms in total. The predicted octanol–water partition coefficient (Wildman–Crippen LogP) is 5.72. The van der Waals surface area contributed by atoms with Gasteiger partial charge >= 0.3 is 0 Å². The maximum absolute atomic E-state index is 6.89. The summed E-state index contributed by atoms with van der Waals surface area (Å²) in [4.78, 5) is 0. The summed E-state index contributed by atoms with van der Waals surface area (Å²) in [5.74, 6) is 0. The van der Waals surface area contributed by atoms with E-state index >= 15 is 0 Å². The third-order valence-corrected chi connectivity index (χ3v) is 8.16. The van der Waals surface area contributed by atoms with E-state index in [1.54, 1.807) is 0 Å². The molecule has 0 aromatic heterocycles. The highest BCUT2D eigenvalue weighted by molar-refractivity contribution is 5.05. The summed E-state index contributed by atoms with van der Waals surface area (Å²) < 4.78 is 6.89. The van der Waals surface area contributed by atoms with Crippen LogP contribution in [0.3, 0.4) is 0 Å². The van der Waals surface area contributed by atoms with Crippen LogP contribution in [-0.2, 0) is 4.74 Å². The standard InChI is InChI=1S/C20H34O/c1-17-7-5-15(19(3,13-17)11-9-17)21-16-6-8-18(2)10-12-20(16,4)14-18/h15-16H,5-14H2,1-4H3. The van der Waals surface area contributed by atoms with Crippen molar-refractivity contribution in [3.8, 4) is 0 Å². The zero-order valence-electron chi connectivity index (χ0n) is 14.6. The quantitative estimate of drug-likeness (QED) is 0.632. The highest BCUT2D eigenvalue weighted by Gasteiger charge is 2.55. The van der Waals surface area contributed by atoms with E-state index in [-0.39, 0.29) is 0 Å². The molecule has 0 aliphatic heterocycles. The Morgan fingerprint density at radius 2 is 1.05 bits per heavy atom. The van der Waals surface area contributed by atoms with Crippen molar-refractivity contribution in [1.82, 2.24) is 0 Å². The van der Waals surface area contributed by atoms with Crippen molar-refractivity contribution < 1.29 is 4.74 Å². The van der Waals surface area contributed by atoms with Crippen molar-refractivity contribution in [2.24, 2.45) is 21.7 Å². The van der Waals surface area contributed by atoms with Crippen LogP contribution in [0.4, 0.5) is 0 Å². The van der Waals surface area contributed by atoms with Crippen LogP contribution in [0.15, 0.2) is 0 Å². The van der Waals surface area contributed by atoms with Crippen LogP contribution in [0.2, 0.25) is 0 Å². The number of hydrogen-bond acceptors (Lipinski definition) is 1. The van der Waals surface area contributed by atoms with Gasteiger partial charge in [0.25, 0.3) is 0 Å². The lowest BCUT2D eigenvalue weighted by molar-refractivity contribution is -0.151. The van der Waals surface area contributed by atoms with Gasteiger partial charge in [0.05, 0.1) is 12.2 Å². The fraction of sp³-hybridized carbons (Fsp3) is 1.00. The van der Waals surface area contributed by atoms with Crippen LogP contribution in [0.5, 0.6) is 0 Å². The second-order valence-electron chi connectivity index (χ2n) is 10.5. The maximum Gasteiger partial charge on any atom is 0.0633 e.